The zero-order chi connectivity index (χ0) is 24.2. The number of amides is 2. The van der Waals surface area contributed by atoms with E-state index in [4.69, 9.17) is 0 Å². The number of thioether (sulfide) groups is 1. The molecule has 4 aromatic rings. The van der Waals surface area contributed by atoms with Gasteiger partial charge in [-0.25, -0.2) is 9.55 Å². The Labute approximate surface area is 208 Å². The molecule has 7 nitrogen and oxygen atoms in total. The lowest BCUT2D eigenvalue weighted by Gasteiger charge is -2.36. The third-order valence-electron chi connectivity index (χ3n) is 6.26. The molecule has 0 aliphatic carbocycles. The fourth-order valence-corrected chi connectivity index (χ4v) is 5.14. The zero-order valence-electron chi connectivity index (χ0n) is 19.6. The molecule has 1 aliphatic rings. The second-order valence-corrected chi connectivity index (χ2v) is 9.50. The van der Waals surface area contributed by atoms with Crippen LogP contribution in [0.3, 0.4) is 0 Å². The number of fused-ring (bicyclic) bond motifs is 1. The van der Waals surface area contributed by atoms with E-state index in [1.54, 1.807) is 0 Å². The molecule has 1 aliphatic heterocycles. The van der Waals surface area contributed by atoms with Crippen molar-refractivity contribution >= 4 is 46.0 Å². The van der Waals surface area contributed by atoms with Gasteiger partial charge in [0.15, 0.2) is 11.0 Å². The fourth-order valence-electron chi connectivity index (χ4n) is 4.33. The number of aromatic amines is 1. The van der Waals surface area contributed by atoms with E-state index in [-0.39, 0.29) is 11.8 Å². The average molecular weight is 487 g/mol. The van der Waals surface area contributed by atoms with Gasteiger partial charge in [0.05, 0.1) is 12.8 Å². The van der Waals surface area contributed by atoms with Gasteiger partial charge in [0.25, 0.3) is 5.91 Å². The topological polar surface area (TPSA) is 72.3 Å². The van der Waals surface area contributed by atoms with Crippen molar-refractivity contribution in [3.05, 3.63) is 84.4 Å². The number of H-pyrrole nitrogens is 1. The predicted molar refractivity (Wildman–Crippen MR) is 140 cm³/mol. The molecule has 8 heteroatoms. The molecule has 0 unspecified atom stereocenters. The highest BCUT2D eigenvalue weighted by molar-refractivity contribution is 7.99. The maximum atomic E-state index is 12.7. The Morgan fingerprint density at radius 3 is 2.31 bits per heavy atom. The number of aromatic nitrogens is 2. The van der Waals surface area contributed by atoms with Crippen molar-refractivity contribution in [2.45, 2.75) is 5.16 Å². The summed E-state index contributed by atoms with van der Waals surface area (Å²) in [6, 6.07) is 25.4. The predicted octanol–water partition coefficient (Wildman–Crippen LogP) is 3.69. The Morgan fingerprint density at radius 2 is 1.60 bits per heavy atom. The fraction of sp³-hybridized carbons (Fsp3) is 0.222. The smallest absolute Gasteiger partial charge is 0.317 e. The number of hydrogen-bond acceptors (Lipinski definition) is 4. The lowest BCUT2D eigenvalue weighted by atomic mass is 10.1. The van der Waals surface area contributed by atoms with Gasteiger partial charge in [-0.1, -0.05) is 30.3 Å². The van der Waals surface area contributed by atoms with Crippen molar-refractivity contribution in [2.24, 2.45) is 7.05 Å². The minimum Gasteiger partial charge on any atom is -0.368 e. The van der Waals surface area contributed by atoms with Crippen molar-refractivity contribution in [2.75, 3.05) is 42.1 Å². The first kappa shape index (κ1) is 23.0. The summed E-state index contributed by atoms with van der Waals surface area (Å²) in [6.45, 7) is 2.94. The standard InChI is InChI=1S/C27H27N5O2S/c1-30-24-10-6-5-9-23(24)29-27(30)35-19-25(33)28-21-11-13-22(14-12-21)31-15-17-32(18-16-31)26(34)20-7-3-2-4-8-20/h2-14H,15-19H2,1H3,(H,28,33)/p+1. The van der Waals surface area contributed by atoms with Crippen molar-refractivity contribution < 1.29 is 14.2 Å². The number of nitrogens with one attached hydrogen (secondary N) is 2. The van der Waals surface area contributed by atoms with Crippen LogP contribution in [0.4, 0.5) is 11.4 Å². The maximum absolute atomic E-state index is 12.7. The highest BCUT2D eigenvalue weighted by Crippen LogP contribution is 2.21. The molecular weight excluding hydrogens is 458 g/mol. The van der Waals surface area contributed by atoms with E-state index in [1.807, 2.05) is 84.7 Å². The van der Waals surface area contributed by atoms with Crippen LogP contribution in [-0.2, 0) is 11.8 Å². The number of carbonyl (C=O) groups is 2. The van der Waals surface area contributed by atoms with Crippen molar-refractivity contribution in [3.8, 4) is 0 Å². The zero-order valence-corrected chi connectivity index (χ0v) is 20.4. The van der Waals surface area contributed by atoms with Crippen LogP contribution in [0.5, 0.6) is 0 Å². The summed E-state index contributed by atoms with van der Waals surface area (Å²) in [6.07, 6.45) is 0. The van der Waals surface area contributed by atoms with E-state index < -0.39 is 0 Å². The summed E-state index contributed by atoms with van der Waals surface area (Å²) in [5.41, 5.74) is 4.76. The molecule has 2 amide bonds. The summed E-state index contributed by atoms with van der Waals surface area (Å²) in [5.74, 6) is 0.358. The highest BCUT2D eigenvalue weighted by Gasteiger charge is 2.22. The maximum Gasteiger partial charge on any atom is 0.317 e. The lowest BCUT2D eigenvalue weighted by molar-refractivity contribution is -0.683. The molecule has 0 bridgehead atoms. The van der Waals surface area contributed by atoms with E-state index >= 15 is 0 Å². The van der Waals surface area contributed by atoms with Crippen molar-refractivity contribution in [3.63, 3.8) is 0 Å². The largest absolute Gasteiger partial charge is 0.368 e. The molecule has 1 aromatic heterocycles. The first-order chi connectivity index (χ1) is 17.1. The molecule has 0 radical (unpaired) electrons. The lowest BCUT2D eigenvalue weighted by Crippen LogP contribution is -2.48. The Morgan fingerprint density at radius 1 is 0.914 bits per heavy atom. The molecular formula is C27H28N5O2S+. The number of benzene rings is 3. The van der Waals surface area contributed by atoms with Crippen LogP contribution >= 0.6 is 11.8 Å². The number of hydrogen-bond donors (Lipinski definition) is 2. The van der Waals surface area contributed by atoms with Gasteiger partial charge in [-0.3, -0.25) is 9.59 Å². The van der Waals surface area contributed by atoms with E-state index in [2.05, 4.69) is 25.8 Å². The van der Waals surface area contributed by atoms with Gasteiger partial charge in [0.2, 0.25) is 5.91 Å². The molecule has 2 N–H and O–H groups in total. The van der Waals surface area contributed by atoms with E-state index in [0.29, 0.717) is 18.8 Å². The van der Waals surface area contributed by atoms with Gasteiger partial charge < -0.3 is 15.1 Å². The summed E-state index contributed by atoms with van der Waals surface area (Å²) >= 11 is 1.48. The third kappa shape index (κ3) is 5.17. The molecule has 1 fully saturated rings. The second kappa shape index (κ2) is 10.2. The molecule has 1 saturated heterocycles. The Balaban J connectivity index is 1.12. The quantitative estimate of drug-likeness (QED) is 0.322. The molecule has 0 atom stereocenters. The van der Waals surface area contributed by atoms with Gasteiger partial charge in [0.1, 0.15) is 0 Å². The van der Waals surface area contributed by atoms with E-state index in [1.165, 1.54) is 11.8 Å². The van der Waals surface area contributed by atoms with Crippen LogP contribution in [-0.4, -0.2) is 53.6 Å². The Hall–Kier alpha value is -3.78. The third-order valence-corrected chi connectivity index (χ3v) is 7.31. The van der Waals surface area contributed by atoms with Gasteiger partial charge in [0, 0.05) is 43.1 Å². The number of piperazine rings is 1. The summed E-state index contributed by atoms with van der Waals surface area (Å²) in [4.78, 5) is 32.7. The number of rotatable bonds is 6. The van der Waals surface area contributed by atoms with E-state index in [0.717, 1.165) is 46.2 Å². The number of aryl methyl sites for hydroxylation is 1. The van der Waals surface area contributed by atoms with Crippen molar-refractivity contribution in [1.29, 1.82) is 0 Å². The molecule has 2 heterocycles. The monoisotopic (exact) mass is 486 g/mol. The average Bonchev–Trinajstić information content (AvgIpc) is 3.23. The Bertz CT molecular complexity index is 1330. The number of para-hydroxylation sites is 2. The van der Waals surface area contributed by atoms with Crippen molar-refractivity contribution in [1.82, 2.24) is 9.88 Å². The molecule has 178 valence electrons. The number of carbonyl (C=O) groups excluding carboxylic acids is 2. The number of anilines is 2. The normalized spacial score (nSPS) is 13.7. The number of nitrogens with zero attached hydrogens (tertiary/aromatic N) is 3. The molecule has 0 spiro atoms. The van der Waals surface area contributed by atoms with Crippen LogP contribution in [0.15, 0.2) is 84.0 Å². The van der Waals surface area contributed by atoms with Crippen LogP contribution in [0.2, 0.25) is 0 Å². The highest BCUT2D eigenvalue weighted by atomic mass is 32.2. The Kier molecular flexibility index (Phi) is 6.72. The van der Waals surface area contributed by atoms with Crippen LogP contribution in [0, 0.1) is 0 Å². The summed E-state index contributed by atoms with van der Waals surface area (Å²) in [7, 11) is 2.00. The minimum absolute atomic E-state index is 0.0468. The van der Waals surface area contributed by atoms with Crippen LogP contribution in [0.25, 0.3) is 11.0 Å². The van der Waals surface area contributed by atoms with Crippen LogP contribution in [0.1, 0.15) is 10.4 Å². The van der Waals surface area contributed by atoms with Gasteiger partial charge in [-0.15, -0.1) is 0 Å². The second-order valence-electron chi connectivity index (χ2n) is 8.54. The molecule has 5 rings (SSSR count). The SMILES string of the molecule is C[n+]1c(SCC(=O)Nc2ccc(N3CCN(C(=O)c4ccccc4)CC3)cc2)[nH]c2ccccc21. The minimum atomic E-state index is -0.0468. The van der Waals surface area contributed by atoms with Gasteiger partial charge in [-0.2, -0.15) is 0 Å². The van der Waals surface area contributed by atoms with Gasteiger partial charge in [-0.05, 0) is 60.3 Å². The first-order valence-corrected chi connectivity index (χ1v) is 12.7. The van der Waals surface area contributed by atoms with Crippen LogP contribution < -0.4 is 14.8 Å². The van der Waals surface area contributed by atoms with Gasteiger partial charge >= 0.3 is 5.16 Å². The molecule has 0 saturated carbocycles. The van der Waals surface area contributed by atoms with E-state index in [9.17, 15) is 9.59 Å². The first-order valence-electron chi connectivity index (χ1n) is 11.7. The summed E-state index contributed by atoms with van der Waals surface area (Å²) < 4.78 is 2.06. The summed E-state index contributed by atoms with van der Waals surface area (Å²) in [5, 5.41) is 3.93. The number of imidazole rings is 1. The molecule has 3 aromatic carbocycles. The molecule has 35 heavy (non-hydrogen) atoms.